The maximum Gasteiger partial charge on any atom is 0.331 e. The van der Waals surface area contributed by atoms with Gasteiger partial charge in [-0.15, -0.1) is 0 Å². The van der Waals surface area contributed by atoms with Gasteiger partial charge in [0.1, 0.15) is 0 Å². The summed E-state index contributed by atoms with van der Waals surface area (Å²) < 4.78 is 5.61. The third kappa shape index (κ3) is 3.78. The lowest BCUT2D eigenvalue weighted by Crippen LogP contribution is -1.96. The number of carbonyl (C=O) groups is 1. The van der Waals surface area contributed by atoms with E-state index in [1.807, 2.05) is 24.3 Å². The summed E-state index contributed by atoms with van der Waals surface area (Å²) in [4.78, 5) is 10.7. The minimum absolute atomic E-state index is 0.372. The van der Waals surface area contributed by atoms with E-state index in [4.69, 9.17) is 0 Å². The molecule has 0 saturated heterocycles. The number of benzene rings is 1. The largest absolute Gasteiger partial charge is 0.466 e. The van der Waals surface area contributed by atoms with Crippen LogP contribution < -0.4 is 5.32 Å². The molecule has 0 aromatic heterocycles. The van der Waals surface area contributed by atoms with Gasteiger partial charge in [-0.25, -0.2) is 4.79 Å². The summed E-state index contributed by atoms with van der Waals surface area (Å²) in [7, 11) is 1.34. The van der Waals surface area contributed by atoms with Gasteiger partial charge in [0.2, 0.25) is 0 Å². The van der Waals surface area contributed by atoms with Gasteiger partial charge >= 0.3 is 5.97 Å². The Balaban J connectivity index is 2.49. The van der Waals surface area contributed by atoms with Crippen LogP contribution in [-0.4, -0.2) is 13.1 Å². The summed E-state index contributed by atoms with van der Waals surface area (Å²) >= 11 is 2.23. The van der Waals surface area contributed by atoms with Crippen molar-refractivity contribution in [2.45, 2.75) is 0 Å². The van der Waals surface area contributed by atoms with E-state index in [1.165, 1.54) is 16.8 Å². The molecule has 0 unspecified atom stereocenters. The second-order valence-corrected chi connectivity index (χ2v) is 3.75. The number of hydrogen-bond acceptors (Lipinski definition) is 3. The van der Waals surface area contributed by atoms with E-state index in [2.05, 4.69) is 32.6 Å². The summed E-state index contributed by atoms with van der Waals surface area (Å²) in [6.45, 7) is 0. The normalized spacial score (nSPS) is 10.1. The third-order valence-electron chi connectivity index (χ3n) is 1.51. The lowest BCUT2D eigenvalue weighted by Gasteiger charge is -1.99. The Morgan fingerprint density at radius 3 is 2.64 bits per heavy atom. The lowest BCUT2D eigenvalue weighted by molar-refractivity contribution is -0.134. The van der Waals surface area contributed by atoms with Gasteiger partial charge in [-0.3, -0.25) is 0 Å². The summed E-state index contributed by atoms with van der Waals surface area (Å²) in [6.07, 6.45) is 2.88. The van der Waals surface area contributed by atoms with Crippen molar-refractivity contribution in [3.63, 3.8) is 0 Å². The molecule has 0 aliphatic heterocycles. The van der Waals surface area contributed by atoms with Gasteiger partial charge in [0, 0.05) is 21.5 Å². The van der Waals surface area contributed by atoms with E-state index in [1.54, 1.807) is 6.20 Å². The van der Waals surface area contributed by atoms with Gasteiger partial charge in [-0.1, -0.05) is 0 Å². The standard InChI is InChI=1S/C10H10INO2/c1-14-10(13)6-7-12-9-4-2-8(11)3-5-9/h2-7,12H,1H3/b7-6+. The van der Waals surface area contributed by atoms with Crippen LogP contribution >= 0.6 is 22.6 Å². The van der Waals surface area contributed by atoms with Crippen LogP contribution in [0.2, 0.25) is 0 Å². The maximum absolute atomic E-state index is 10.7. The van der Waals surface area contributed by atoms with Crippen molar-refractivity contribution in [2.24, 2.45) is 0 Å². The zero-order chi connectivity index (χ0) is 10.4. The van der Waals surface area contributed by atoms with Gasteiger partial charge in [0.25, 0.3) is 0 Å². The van der Waals surface area contributed by atoms with Crippen LogP contribution in [0.25, 0.3) is 0 Å². The minimum Gasteiger partial charge on any atom is -0.466 e. The van der Waals surface area contributed by atoms with Crippen LogP contribution in [0.5, 0.6) is 0 Å². The molecule has 0 bridgehead atoms. The Morgan fingerprint density at radius 2 is 2.07 bits per heavy atom. The molecule has 1 N–H and O–H groups in total. The van der Waals surface area contributed by atoms with Crippen LogP contribution in [0.4, 0.5) is 5.69 Å². The Labute approximate surface area is 96.3 Å². The molecule has 4 heteroatoms. The monoisotopic (exact) mass is 303 g/mol. The highest BCUT2D eigenvalue weighted by Crippen LogP contribution is 2.10. The van der Waals surface area contributed by atoms with Gasteiger partial charge < -0.3 is 10.1 Å². The quantitative estimate of drug-likeness (QED) is 0.529. The molecule has 1 rings (SSSR count). The smallest absolute Gasteiger partial charge is 0.331 e. The molecule has 0 spiro atoms. The van der Waals surface area contributed by atoms with Gasteiger partial charge in [-0.2, -0.15) is 0 Å². The highest BCUT2D eigenvalue weighted by Gasteiger charge is 1.91. The molecule has 1 aromatic carbocycles. The minimum atomic E-state index is -0.372. The van der Waals surface area contributed by atoms with E-state index in [-0.39, 0.29) is 5.97 Å². The molecular weight excluding hydrogens is 293 g/mol. The second kappa shape index (κ2) is 5.64. The van der Waals surface area contributed by atoms with Gasteiger partial charge in [0.15, 0.2) is 0 Å². The number of esters is 1. The molecule has 0 aliphatic rings. The zero-order valence-corrected chi connectivity index (χ0v) is 9.82. The molecule has 0 amide bonds. The van der Waals surface area contributed by atoms with Gasteiger partial charge in [-0.05, 0) is 46.9 Å². The van der Waals surface area contributed by atoms with E-state index in [9.17, 15) is 4.79 Å². The van der Waals surface area contributed by atoms with Crippen molar-refractivity contribution >= 4 is 34.2 Å². The summed E-state index contributed by atoms with van der Waals surface area (Å²) in [5, 5.41) is 2.95. The SMILES string of the molecule is COC(=O)/C=C/Nc1ccc(I)cc1. The fourth-order valence-corrected chi connectivity index (χ4v) is 1.18. The number of carbonyl (C=O) groups excluding carboxylic acids is 1. The van der Waals surface area contributed by atoms with Crippen molar-refractivity contribution in [1.29, 1.82) is 0 Å². The molecule has 74 valence electrons. The Morgan fingerprint density at radius 1 is 1.43 bits per heavy atom. The van der Waals surface area contributed by atoms with Crippen LogP contribution in [0, 0.1) is 3.57 Å². The Hall–Kier alpha value is -1.04. The number of ether oxygens (including phenoxy) is 1. The average Bonchev–Trinajstić information content (AvgIpc) is 2.21. The van der Waals surface area contributed by atoms with Crippen LogP contribution in [0.3, 0.4) is 0 Å². The molecular formula is C10H10INO2. The van der Waals surface area contributed by atoms with Crippen molar-refractivity contribution in [3.8, 4) is 0 Å². The molecule has 14 heavy (non-hydrogen) atoms. The van der Waals surface area contributed by atoms with E-state index in [0.29, 0.717) is 0 Å². The Bertz CT molecular complexity index is 332. The highest BCUT2D eigenvalue weighted by atomic mass is 127. The van der Waals surface area contributed by atoms with Crippen molar-refractivity contribution in [3.05, 3.63) is 40.1 Å². The number of rotatable bonds is 3. The molecule has 1 aromatic rings. The van der Waals surface area contributed by atoms with Crippen LogP contribution in [0.1, 0.15) is 0 Å². The number of methoxy groups -OCH3 is 1. The van der Waals surface area contributed by atoms with Crippen molar-refractivity contribution < 1.29 is 9.53 Å². The molecule has 0 atom stereocenters. The van der Waals surface area contributed by atoms with E-state index >= 15 is 0 Å². The van der Waals surface area contributed by atoms with E-state index in [0.717, 1.165) is 5.69 Å². The zero-order valence-electron chi connectivity index (χ0n) is 7.66. The average molecular weight is 303 g/mol. The fraction of sp³-hybridized carbons (Fsp3) is 0.100. The van der Waals surface area contributed by atoms with Crippen molar-refractivity contribution in [2.75, 3.05) is 12.4 Å². The first-order valence-corrected chi connectivity index (χ1v) is 5.07. The molecule has 3 nitrogen and oxygen atoms in total. The van der Waals surface area contributed by atoms with Gasteiger partial charge in [0.05, 0.1) is 7.11 Å². The highest BCUT2D eigenvalue weighted by molar-refractivity contribution is 14.1. The topological polar surface area (TPSA) is 38.3 Å². The molecule has 0 radical (unpaired) electrons. The first-order chi connectivity index (χ1) is 6.72. The summed E-state index contributed by atoms with van der Waals surface area (Å²) in [5.74, 6) is -0.372. The molecule has 0 aliphatic carbocycles. The number of halogens is 1. The lowest BCUT2D eigenvalue weighted by atomic mass is 10.3. The predicted molar refractivity (Wildman–Crippen MR) is 63.9 cm³/mol. The first-order valence-electron chi connectivity index (χ1n) is 3.99. The number of anilines is 1. The fourth-order valence-electron chi connectivity index (χ4n) is 0.820. The van der Waals surface area contributed by atoms with Crippen molar-refractivity contribution in [1.82, 2.24) is 0 Å². The predicted octanol–water partition coefficient (Wildman–Crippen LogP) is 2.39. The third-order valence-corrected chi connectivity index (χ3v) is 2.23. The first kappa shape index (κ1) is 11.0. The number of hydrogen-bond donors (Lipinski definition) is 1. The summed E-state index contributed by atoms with van der Waals surface area (Å²) in [6, 6.07) is 7.83. The summed E-state index contributed by atoms with van der Waals surface area (Å²) in [5.41, 5.74) is 0.936. The Kier molecular flexibility index (Phi) is 4.45. The maximum atomic E-state index is 10.7. The van der Waals surface area contributed by atoms with Crippen LogP contribution in [-0.2, 0) is 9.53 Å². The molecule has 0 fully saturated rings. The van der Waals surface area contributed by atoms with Crippen LogP contribution in [0.15, 0.2) is 36.5 Å². The molecule has 0 saturated carbocycles. The number of nitrogens with one attached hydrogen (secondary N) is 1. The molecule has 0 heterocycles. The van der Waals surface area contributed by atoms with E-state index < -0.39 is 0 Å². The second-order valence-electron chi connectivity index (χ2n) is 2.51.